The van der Waals surface area contributed by atoms with Crippen LogP contribution < -0.4 is 20.7 Å². The first kappa shape index (κ1) is 18.2. The Labute approximate surface area is 154 Å². The monoisotopic (exact) mass is 370 g/mol. The zero-order valence-corrected chi connectivity index (χ0v) is 14.6. The number of nitrogen functional groups attached to an aromatic ring is 1. The fourth-order valence-corrected chi connectivity index (χ4v) is 2.93. The lowest BCUT2D eigenvalue weighted by atomic mass is 10.1. The Balaban J connectivity index is 1.83. The van der Waals surface area contributed by atoms with Gasteiger partial charge in [-0.25, -0.2) is 0 Å². The highest BCUT2D eigenvalue weighted by atomic mass is 16.6. The summed E-state index contributed by atoms with van der Waals surface area (Å²) in [6.07, 6.45) is 1.29. The molecule has 0 aromatic heterocycles. The van der Waals surface area contributed by atoms with Crippen LogP contribution >= 0.6 is 0 Å². The number of hydrogen-bond donors (Lipinski definition) is 2. The van der Waals surface area contributed by atoms with Crippen molar-refractivity contribution in [3.05, 3.63) is 52.1 Å². The normalized spacial score (nSPS) is 13.5. The molecule has 0 aliphatic carbocycles. The highest BCUT2D eigenvalue weighted by molar-refractivity contribution is 6.05. The largest absolute Gasteiger partial charge is 0.494 e. The van der Waals surface area contributed by atoms with Crippen molar-refractivity contribution in [1.29, 1.82) is 0 Å². The number of nitro benzene ring substituents is 1. The third kappa shape index (κ3) is 3.66. The van der Waals surface area contributed by atoms with Crippen LogP contribution in [0.25, 0.3) is 0 Å². The van der Waals surface area contributed by atoms with Gasteiger partial charge in [-0.3, -0.25) is 19.7 Å². The number of carbonyl (C=O) groups is 2. The van der Waals surface area contributed by atoms with Gasteiger partial charge in [-0.05, 0) is 30.7 Å². The van der Waals surface area contributed by atoms with E-state index in [0.29, 0.717) is 30.1 Å². The summed E-state index contributed by atoms with van der Waals surface area (Å²) in [6, 6.07) is 8.79. The van der Waals surface area contributed by atoms with Gasteiger partial charge >= 0.3 is 0 Å². The highest BCUT2D eigenvalue weighted by Crippen LogP contribution is 2.34. The lowest BCUT2D eigenvalue weighted by Crippen LogP contribution is -2.24. The molecule has 9 heteroatoms. The number of nitrogens with one attached hydrogen (secondary N) is 1. The first-order valence-corrected chi connectivity index (χ1v) is 8.24. The molecule has 3 N–H and O–H groups in total. The predicted molar refractivity (Wildman–Crippen MR) is 100 cm³/mol. The zero-order valence-electron chi connectivity index (χ0n) is 14.6. The average Bonchev–Trinajstić information content (AvgIpc) is 3.07. The molecular weight excluding hydrogens is 352 g/mol. The van der Waals surface area contributed by atoms with E-state index in [-0.39, 0.29) is 22.8 Å². The number of rotatable bonds is 5. The number of amides is 2. The van der Waals surface area contributed by atoms with Crippen LogP contribution in [0.2, 0.25) is 0 Å². The van der Waals surface area contributed by atoms with Crippen LogP contribution in [-0.4, -0.2) is 30.4 Å². The molecule has 1 heterocycles. The van der Waals surface area contributed by atoms with Gasteiger partial charge in [0.25, 0.3) is 11.6 Å². The topological polar surface area (TPSA) is 128 Å². The Hall–Kier alpha value is -3.62. The molecule has 0 saturated carbocycles. The molecule has 0 unspecified atom stereocenters. The smallest absolute Gasteiger partial charge is 0.292 e. The van der Waals surface area contributed by atoms with Gasteiger partial charge in [0.1, 0.15) is 11.4 Å². The molecule has 9 nitrogen and oxygen atoms in total. The van der Waals surface area contributed by atoms with Crippen LogP contribution in [0.5, 0.6) is 5.75 Å². The first-order valence-electron chi connectivity index (χ1n) is 8.24. The quantitative estimate of drug-likeness (QED) is 0.473. The van der Waals surface area contributed by atoms with E-state index in [1.165, 1.54) is 19.2 Å². The van der Waals surface area contributed by atoms with Gasteiger partial charge in [0.15, 0.2) is 0 Å². The molecular formula is C18H18N4O5. The first-order chi connectivity index (χ1) is 12.9. The Morgan fingerprint density at radius 2 is 2.07 bits per heavy atom. The summed E-state index contributed by atoms with van der Waals surface area (Å²) in [7, 11) is 1.48. The molecule has 1 saturated heterocycles. The van der Waals surface area contributed by atoms with E-state index in [4.69, 9.17) is 10.5 Å². The third-order valence-electron chi connectivity index (χ3n) is 4.29. The Bertz CT molecular complexity index is 928. The number of methoxy groups -OCH3 is 1. The van der Waals surface area contributed by atoms with Gasteiger partial charge in [0, 0.05) is 36.3 Å². The van der Waals surface area contributed by atoms with Gasteiger partial charge in [-0.2, -0.15) is 0 Å². The summed E-state index contributed by atoms with van der Waals surface area (Å²) in [5.74, 6) is -0.0456. The number of carbonyl (C=O) groups excluding carboxylic acids is 2. The molecule has 0 spiro atoms. The van der Waals surface area contributed by atoms with Crippen molar-refractivity contribution in [2.45, 2.75) is 12.8 Å². The van der Waals surface area contributed by atoms with Crippen LogP contribution in [-0.2, 0) is 4.79 Å². The fourth-order valence-electron chi connectivity index (χ4n) is 2.93. The summed E-state index contributed by atoms with van der Waals surface area (Å²) < 4.78 is 5.35. The number of nitrogens with zero attached hydrogens (tertiary/aromatic N) is 2. The number of ether oxygens (including phenoxy) is 1. The molecule has 0 atom stereocenters. The van der Waals surface area contributed by atoms with Crippen molar-refractivity contribution >= 4 is 34.6 Å². The molecule has 27 heavy (non-hydrogen) atoms. The maximum Gasteiger partial charge on any atom is 0.292 e. The summed E-state index contributed by atoms with van der Waals surface area (Å²) >= 11 is 0. The van der Waals surface area contributed by atoms with Crippen LogP contribution in [0.4, 0.5) is 22.7 Å². The number of hydrogen-bond acceptors (Lipinski definition) is 6. The Kier molecular flexibility index (Phi) is 4.93. The van der Waals surface area contributed by atoms with Gasteiger partial charge in [0.05, 0.1) is 17.7 Å². The van der Waals surface area contributed by atoms with E-state index in [1.54, 1.807) is 23.1 Å². The number of anilines is 3. The number of nitrogens with two attached hydrogens (primary N) is 1. The molecule has 1 aliphatic rings. The van der Waals surface area contributed by atoms with Crippen molar-refractivity contribution in [1.82, 2.24) is 0 Å². The maximum atomic E-state index is 12.4. The summed E-state index contributed by atoms with van der Waals surface area (Å²) in [6.45, 7) is 0.621. The van der Waals surface area contributed by atoms with Gasteiger partial charge in [0.2, 0.25) is 5.91 Å². The molecule has 2 aromatic rings. The Morgan fingerprint density at radius 1 is 1.30 bits per heavy atom. The van der Waals surface area contributed by atoms with Gasteiger partial charge in [-0.1, -0.05) is 0 Å². The van der Waals surface area contributed by atoms with E-state index in [9.17, 15) is 19.7 Å². The standard InChI is InChI=1S/C18H18N4O5/c1-27-16-10-12(5-7-14(16)21-8-2-3-17(21)23)20-18(24)11-4-6-13(19)15(9-11)22(25)26/h4-7,9-10H,2-3,8,19H2,1H3,(H,20,24). The molecule has 2 aromatic carbocycles. The summed E-state index contributed by atoms with van der Waals surface area (Å²) in [4.78, 5) is 36.3. The second kappa shape index (κ2) is 7.32. The number of nitro groups is 1. The maximum absolute atomic E-state index is 12.4. The van der Waals surface area contributed by atoms with E-state index < -0.39 is 10.8 Å². The molecule has 1 aliphatic heterocycles. The zero-order chi connectivity index (χ0) is 19.6. The molecule has 3 rings (SSSR count). The number of benzene rings is 2. The molecule has 0 bridgehead atoms. The van der Waals surface area contributed by atoms with Crippen LogP contribution in [0.3, 0.4) is 0 Å². The average molecular weight is 370 g/mol. The van der Waals surface area contributed by atoms with E-state index in [2.05, 4.69) is 5.32 Å². The summed E-state index contributed by atoms with van der Waals surface area (Å²) in [5.41, 5.74) is 6.38. The SMILES string of the molecule is COc1cc(NC(=O)c2ccc(N)c([N+](=O)[O-])c2)ccc1N1CCCC1=O. The minimum Gasteiger partial charge on any atom is -0.494 e. The second-order valence-electron chi connectivity index (χ2n) is 6.02. The van der Waals surface area contributed by atoms with Crippen molar-refractivity contribution in [3.8, 4) is 5.75 Å². The van der Waals surface area contributed by atoms with Crippen molar-refractivity contribution in [2.24, 2.45) is 0 Å². The van der Waals surface area contributed by atoms with Crippen molar-refractivity contribution in [2.75, 3.05) is 29.6 Å². The van der Waals surface area contributed by atoms with Gasteiger partial charge < -0.3 is 20.7 Å². The minimum absolute atomic E-state index is 0.0159. The molecule has 2 amide bonds. The van der Waals surface area contributed by atoms with Crippen LogP contribution in [0, 0.1) is 10.1 Å². The third-order valence-corrected chi connectivity index (χ3v) is 4.29. The lowest BCUT2D eigenvalue weighted by Gasteiger charge is -2.19. The molecule has 140 valence electrons. The van der Waals surface area contributed by atoms with Crippen LogP contribution in [0.15, 0.2) is 36.4 Å². The predicted octanol–water partition coefficient (Wildman–Crippen LogP) is 2.56. The van der Waals surface area contributed by atoms with Crippen molar-refractivity contribution in [3.63, 3.8) is 0 Å². The minimum atomic E-state index is -0.642. The van der Waals surface area contributed by atoms with Crippen LogP contribution in [0.1, 0.15) is 23.2 Å². The highest BCUT2D eigenvalue weighted by Gasteiger charge is 2.24. The van der Waals surface area contributed by atoms with E-state index in [1.807, 2.05) is 0 Å². The van der Waals surface area contributed by atoms with E-state index in [0.717, 1.165) is 12.5 Å². The summed E-state index contributed by atoms with van der Waals surface area (Å²) in [5, 5.41) is 13.6. The van der Waals surface area contributed by atoms with Gasteiger partial charge in [-0.15, -0.1) is 0 Å². The molecule has 0 radical (unpaired) electrons. The Morgan fingerprint density at radius 3 is 2.70 bits per heavy atom. The molecule has 1 fully saturated rings. The fraction of sp³-hybridized carbons (Fsp3) is 0.222. The van der Waals surface area contributed by atoms with Crippen molar-refractivity contribution < 1.29 is 19.2 Å². The second-order valence-corrected chi connectivity index (χ2v) is 6.02. The van der Waals surface area contributed by atoms with E-state index >= 15 is 0 Å². The lowest BCUT2D eigenvalue weighted by molar-refractivity contribution is -0.383.